The summed E-state index contributed by atoms with van der Waals surface area (Å²) in [6, 6.07) is 2.87. The molecule has 9 heteroatoms. The summed E-state index contributed by atoms with van der Waals surface area (Å²) in [7, 11) is 4.62. The predicted octanol–water partition coefficient (Wildman–Crippen LogP) is 4.53. The number of aryl methyl sites for hydroxylation is 2. The van der Waals surface area contributed by atoms with Crippen molar-refractivity contribution in [1.82, 2.24) is 4.98 Å². The smallest absolute Gasteiger partial charge is 0.296 e. The van der Waals surface area contributed by atoms with Crippen molar-refractivity contribution in [1.29, 1.82) is 0 Å². The van der Waals surface area contributed by atoms with E-state index in [2.05, 4.69) is 11.9 Å². The molecule has 0 saturated heterocycles. The Bertz CT molecular complexity index is 1190. The molecule has 1 aromatic carbocycles. The van der Waals surface area contributed by atoms with E-state index in [1.54, 1.807) is 31.3 Å². The lowest BCUT2D eigenvalue weighted by molar-refractivity contribution is -0.132. The molecule has 1 aliphatic carbocycles. The molecule has 35 heavy (non-hydrogen) atoms. The average Bonchev–Trinajstić information content (AvgIpc) is 3.34. The normalized spacial score (nSPS) is 25.8. The van der Waals surface area contributed by atoms with Crippen LogP contribution in [-0.4, -0.2) is 44.1 Å². The van der Waals surface area contributed by atoms with Crippen LogP contribution in [0.3, 0.4) is 0 Å². The number of thiazole rings is 1. The summed E-state index contributed by atoms with van der Waals surface area (Å²) in [6.07, 6.45) is 2.25. The number of carbonyl (C=O) groups is 2. The number of Topliss-reactive ketones (excluding diaryl/α,β-unsaturated/α-hetero) is 1. The minimum atomic E-state index is -0.707. The fourth-order valence-electron chi connectivity index (χ4n) is 5.41. The number of rotatable bonds is 5. The van der Waals surface area contributed by atoms with Crippen LogP contribution in [0.5, 0.6) is 17.2 Å². The van der Waals surface area contributed by atoms with E-state index in [4.69, 9.17) is 18.9 Å². The Morgan fingerprint density at radius 2 is 1.74 bits per heavy atom. The van der Waals surface area contributed by atoms with Crippen LogP contribution in [0, 0.1) is 25.7 Å². The maximum atomic E-state index is 14.0. The third-order valence-corrected chi connectivity index (χ3v) is 8.41. The van der Waals surface area contributed by atoms with Crippen LogP contribution < -0.4 is 19.1 Å². The molecular weight excluding hydrogens is 468 g/mol. The van der Waals surface area contributed by atoms with Crippen molar-refractivity contribution in [2.24, 2.45) is 11.8 Å². The highest BCUT2D eigenvalue weighted by Gasteiger charge is 2.54. The molecule has 0 spiro atoms. The molecule has 2 aliphatic heterocycles. The number of aromatic nitrogens is 1. The van der Waals surface area contributed by atoms with E-state index in [0.717, 1.165) is 29.8 Å². The molecule has 4 unspecified atom stereocenters. The Morgan fingerprint density at radius 3 is 2.31 bits per heavy atom. The summed E-state index contributed by atoms with van der Waals surface area (Å²) < 4.78 is 23.0. The topological polar surface area (TPSA) is 87.2 Å². The van der Waals surface area contributed by atoms with Gasteiger partial charge in [0.25, 0.3) is 5.91 Å². The third-order valence-electron chi connectivity index (χ3n) is 7.34. The summed E-state index contributed by atoms with van der Waals surface area (Å²) in [5.74, 6) is 1.32. The van der Waals surface area contributed by atoms with Crippen LogP contribution in [0.4, 0.5) is 5.13 Å². The molecule has 0 radical (unpaired) electrons. The number of nitrogens with zero attached hydrogens (tertiary/aromatic N) is 2. The van der Waals surface area contributed by atoms with Crippen molar-refractivity contribution in [3.63, 3.8) is 0 Å². The zero-order valence-electron chi connectivity index (χ0n) is 20.8. The molecule has 1 saturated carbocycles. The predicted molar refractivity (Wildman–Crippen MR) is 131 cm³/mol. The van der Waals surface area contributed by atoms with E-state index < -0.39 is 6.04 Å². The standard InChI is InChI=1S/C26H30N2O6S/c1-12-7-8-17-16(9-12)22(29)20-21(15-10-18(31-4)23(33-6)19(11-15)32-5)28(25(30)24(20)34-17)26-27-13(2)14(3)35-26/h10-12,16-17,21H,7-9H2,1-6H3. The number of ether oxygens (including phenoxy) is 4. The van der Waals surface area contributed by atoms with E-state index in [9.17, 15) is 9.59 Å². The van der Waals surface area contributed by atoms with Crippen molar-refractivity contribution < 1.29 is 28.5 Å². The highest BCUT2D eigenvalue weighted by Crippen LogP contribution is 2.51. The molecule has 186 valence electrons. The van der Waals surface area contributed by atoms with Gasteiger partial charge in [0.2, 0.25) is 5.75 Å². The highest BCUT2D eigenvalue weighted by atomic mass is 32.1. The maximum Gasteiger partial charge on any atom is 0.296 e. The molecule has 5 rings (SSSR count). The van der Waals surface area contributed by atoms with Crippen molar-refractivity contribution >= 4 is 28.2 Å². The first-order chi connectivity index (χ1) is 16.8. The Balaban J connectivity index is 1.70. The van der Waals surface area contributed by atoms with Gasteiger partial charge in [-0.3, -0.25) is 14.5 Å². The van der Waals surface area contributed by atoms with Crippen LogP contribution in [0.15, 0.2) is 23.5 Å². The SMILES string of the molecule is COc1cc(C2C3=C(OC4CCC(C)CC4C3=O)C(=O)N2c2nc(C)c(C)s2)cc(OC)c1OC. The fourth-order valence-corrected chi connectivity index (χ4v) is 6.34. The Hall–Kier alpha value is -3.07. The summed E-state index contributed by atoms with van der Waals surface area (Å²) in [6.45, 7) is 6.04. The second-order valence-electron chi connectivity index (χ2n) is 9.46. The zero-order valence-corrected chi connectivity index (χ0v) is 21.7. The highest BCUT2D eigenvalue weighted by molar-refractivity contribution is 7.15. The number of ketones is 1. The Labute approximate surface area is 208 Å². The minimum Gasteiger partial charge on any atom is -0.493 e. The van der Waals surface area contributed by atoms with Gasteiger partial charge in [-0.1, -0.05) is 6.92 Å². The molecular formula is C26H30N2O6S. The van der Waals surface area contributed by atoms with Gasteiger partial charge in [-0.05, 0) is 56.7 Å². The molecule has 8 nitrogen and oxygen atoms in total. The molecule has 0 bridgehead atoms. The largest absolute Gasteiger partial charge is 0.493 e. The van der Waals surface area contributed by atoms with E-state index in [1.807, 2.05) is 13.8 Å². The van der Waals surface area contributed by atoms with E-state index >= 15 is 0 Å². The van der Waals surface area contributed by atoms with Gasteiger partial charge in [0.1, 0.15) is 6.10 Å². The average molecular weight is 499 g/mol. The Morgan fingerprint density at radius 1 is 1.06 bits per heavy atom. The van der Waals surface area contributed by atoms with Gasteiger partial charge in [0, 0.05) is 4.88 Å². The first kappa shape index (κ1) is 23.7. The van der Waals surface area contributed by atoms with E-state index in [1.165, 1.54) is 18.4 Å². The third kappa shape index (κ3) is 3.67. The molecule has 1 fully saturated rings. The van der Waals surface area contributed by atoms with Gasteiger partial charge in [0.15, 0.2) is 28.2 Å². The molecule has 1 aromatic heterocycles. The Kier molecular flexibility index (Phi) is 5.99. The number of anilines is 1. The van der Waals surface area contributed by atoms with Gasteiger partial charge in [0.05, 0.1) is 44.6 Å². The van der Waals surface area contributed by atoms with Crippen LogP contribution in [0.2, 0.25) is 0 Å². The molecule has 3 aliphatic rings. The lowest BCUT2D eigenvalue weighted by Gasteiger charge is -2.37. The first-order valence-corrected chi connectivity index (χ1v) is 12.6. The van der Waals surface area contributed by atoms with Crippen molar-refractivity contribution in [2.75, 3.05) is 26.2 Å². The quantitative estimate of drug-likeness (QED) is 0.598. The van der Waals surface area contributed by atoms with Gasteiger partial charge in [-0.2, -0.15) is 0 Å². The fraction of sp³-hybridized carbons (Fsp3) is 0.500. The van der Waals surface area contributed by atoms with Crippen LogP contribution in [0.1, 0.15) is 48.4 Å². The van der Waals surface area contributed by atoms with Crippen molar-refractivity contribution in [3.05, 3.63) is 39.6 Å². The van der Waals surface area contributed by atoms with Gasteiger partial charge >= 0.3 is 0 Å². The summed E-state index contributed by atoms with van der Waals surface area (Å²) in [5.41, 5.74) is 1.91. The summed E-state index contributed by atoms with van der Waals surface area (Å²) in [4.78, 5) is 35.1. The number of hydrogen-bond donors (Lipinski definition) is 0. The lowest BCUT2D eigenvalue weighted by Crippen LogP contribution is -2.41. The number of amides is 1. The van der Waals surface area contributed by atoms with Crippen LogP contribution >= 0.6 is 11.3 Å². The second kappa shape index (κ2) is 8.86. The summed E-state index contributed by atoms with van der Waals surface area (Å²) in [5, 5.41) is 0.533. The first-order valence-electron chi connectivity index (χ1n) is 11.8. The van der Waals surface area contributed by atoms with Gasteiger partial charge in [-0.15, -0.1) is 11.3 Å². The zero-order chi connectivity index (χ0) is 25.0. The second-order valence-corrected chi connectivity index (χ2v) is 10.6. The summed E-state index contributed by atoms with van der Waals surface area (Å²) >= 11 is 1.43. The molecule has 4 atom stereocenters. The molecule has 2 aromatic rings. The number of methoxy groups -OCH3 is 3. The van der Waals surface area contributed by atoms with Gasteiger partial charge < -0.3 is 18.9 Å². The van der Waals surface area contributed by atoms with Crippen molar-refractivity contribution in [2.45, 2.75) is 52.2 Å². The van der Waals surface area contributed by atoms with Crippen molar-refractivity contribution in [3.8, 4) is 17.2 Å². The monoisotopic (exact) mass is 498 g/mol. The maximum absolute atomic E-state index is 14.0. The van der Waals surface area contributed by atoms with Gasteiger partial charge in [-0.25, -0.2) is 4.98 Å². The minimum absolute atomic E-state index is 0.0117. The molecule has 1 amide bonds. The number of carbonyl (C=O) groups excluding carboxylic acids is 2. The molecule has 3 heterocycles. The number of hydrogen-bond acceptors (Lipinski definition) is 8. The lowest BCUT2D eigenvalue weighted by atomic mass is 9.74. The van der Waals surface area contributed by atoms with Crippen LogP contribution in [-0.2, 0) is 14.3 Å². The number of fused-ring (bicyclic) bond motifs is 1. The number of benzene rings is 1. The van der Waals surface area contributed by atoms with E-state index in [0.29, 0.717) is 39.4 Å². The van der Waals surface area contributed by atoms with Crippen LogP contribution in [0.25, 0.3) is 0 Å². The molecule has 0 N–H and O–H groups in total. The van der Waals surface area contributed by atoms with E-state index in [-0.39, 0.29) is 29.5 Å².